The van der Waals surface area contributed by atoms with Gasteiger partial charge in [-0.25, -0.2) is 0 Å². The molecule has 1 saturated heterocycles. The Bertz CT molecular complexity index is 469. The van der Waals surface area contributed by atoms with Gasteiger partial charge in [0.15, 0.2) is 0 Å². The first-order chi connectivity index (χ1) is 9.65. The lowest BCUT2D eigenvalue weighted by Gasteiger charge is -2.19. The first-order valence-corrected chi connectivity index (χ1v) is 7.31. The monoisotopic (exact) mass is 274 g/mol. The van der Waals surface area contributed by atoms with E-state index >= 15 is 0 Å². The molecule has 20 heavy (non-hydrogen) atoms. The zero-order chi connectivity index (χ0) is 14.5. The van der Waals surface area contributed by atoms with E-state index in [1.165, 1.54) is 0 Å². The van der Waals surface area contributed by atoms with Crippen molar-refractivity contribution < 1.29 is 9.59 Å². The van der Waals surface area contributed by atoms with E-state index in [4.69, 9.17) is 0 Å². The van der Waals surface area contributed by atoms with Gasteiger partial charge in [-0.3, -0.25) is 9.59 Å². The Morgan fingerprint density at radius 3 is 2.55 bits per heavy atom. The van der Waals surface area contributed by atoms with Gasteiger partial charge in [0.05, 0.1) is 5.92 Å². The molecular formula is C16H22N2O2. The van der Waals surface area contributed by atoms with Crippen LogP contribution >= 0.6 is 0 Å². The molecule has 1 aliphatic heterocycles. The first-order valence-electron chi connectivity index (χ1n) is 7.31. The first kappa shape index (κ1) is 14.6. The molecule has 0 bridgehead atoms. The molecule has 1 N–H and O–H groups in total. The zero-order valence-electron chi connectivity index (χ0n) is 12.1. The zero-order valence-corrected chi connectivity index (χ0v) is 12.1. The van der Waals surface area contributed by atoms with Crippen molar-refractivity contribution in [3.05, 3.63) is 30.3 Å². The maximum Gasteiger partial charge on any atom is 0.227 e. The van der Waals surface area contributed by atoms with Crippen LogP contribution in [0.15, 0.2) is 30.3 Å². The van der Waals surface area contributed by atoms with Crippen LogP contribution in [0, 0.1) is 5.92 Å². The number of rotatable bonds is 5. The lowest BCUT2D eigenvalue weighted by atomic mass is 10.1. The molecule has 0 spiro atoms. The number of amides is 2. The van der Waals surface area contributed by atoms with Crippen LogP contribution < -0.4 is 10.2 Å². The Labute approximate surface area is 120 Å². The molecule has 0 radical (unpaired) electrons. The molecule has 1 fully saturated rings. The normalized spacial score (nSPS) is 18.6. The van der Waals surface area contributed by atoms with Crippen LogP contribution in [-0.2, 0) is 9.59 Å². The van der Waals surface area contributed by atoms with Gasteiger partial charge >= 0.3 is 0 Å². The van der Waals surface area contributed by atoms with E-state index in [1.54, 1.807) is 4.90 Å². The molecule has 4 nitrogen and oxygen atoms in total. The van der Waals surface area contributed by atoms with Gasteiger partial charge in [0.1, 0.15) is 0 Å². The minimum atomic E-state index is -0.233. The molecule has 1 aromatic carbocycles. The van der Waals surface area contributed by atoms with Crippen LogP contribution in [0.1, 0.15) is 33.1 Å². The predicted octanol–water partition coefficient (Wildman–Crippen LogP) is 2.34. The number of carbonyl (C=O) groups is 2. The molecule has 1 aliphatic rings. The maximum atomic E-state index is 12.2. The van der Waals surface area contributed by atoms with Gasteiger partial charge in [0.25, 0.3) is 0 Å². The lowest BCUT2D eigenvalue weighted by molar-refractivity contribution is -0.127. The standard InChI is InChI=1S/C16H22N2O2/c1-3-13(4-2)17-16(20)12-10-15(19)18(11-12)14-8-6-5-7-9-14/h5-9,12-13H,3-4,10-11H2,1-2H3,(H,17,20)/t12-/m0/s1. The number of anilines is 1. The summed E-state index contributed by atoms with van der Waals surface area (Å²) in [5, 5.41) is 3.03. The highest BCUT2D eigenvalue weighted by molar-refractivity contribution is 6.00. The SMILES string of the molecule is CCC(CC)NC(=O)[C@H]1CC(=O)N(c2ccccc2)C1. The van der Waals surface area contributed by atoms with Gasteiger partial charge in [0.2, 0.25) is 11.8 Å². The van der Waals surface area contributed by atoms with Crippen LogP contribution in [-0.4, -0.2) is 24.4 Å². The smallest absolute Gasteiger partial charge is 0.227 e. The summed E-state index contributed by atoms with van der Waals surface area (Å²) in [7, 11) is 0. The minimum absolute atomic E-state index is 0.00508. The number of hydrogen-bond donors (Lipinski definition) is 1. The maximum absolute atomic E-state index is 12.2. The average Bonchev–Trinajstić information content (AvgIpc) is 2.87. The Hall–Kier alpha value is -1.84. The van der Waals surface area contributed by atoms with E-state index in [2.05, 4.69) is 19.2 Å². The van der Waals surface area contributed by atoms with Gasteiger partial charge in [-0.1, -0.05) is 32.0 Å². The van der Waals surface area contributed by atoms with Gasteiger partial charge in [-0.15, -0.1) is 0 Å². The van der Waals surface area contributed by atoms with E-state index in [0.717, 1.165) is 18.5 Å². The van der Waals surface area contributed by atoms with Crippen LogP contribution in [0.2, 0.25) is 0 Å². The largest absolute Gasteiger partial charge is 0.353 e. The number of carbonyl (C=O) groups excluding carboxylic acids is 2. The molecule has 1 heterocycles. The molecule has 0 unspecified atom stereocenters. The summed E-state index contributed by atoms with van der Waals surface area (Å²) in [5.41, 5.74) is 0.871. The number of benzene rings is 1. The van der Waals surface area contributed by atoms with Crippen molar-refractivity contribution in [1.82, 2.24) is 5.32 Å². The van der Waals surface area contributed by atoms with Crippen molar-refractivity contribution in [3.8, 4) is 0 Å². The van der Waals surface area contributed by atoms with Gasteiger partial charge < -0.3 is 10.2 Å². The van der Waals surface area contributed by atoms with E-state index < -0.39 is 0 Å². The van der Waals surface area contributed by atoms with E-state index in [0.29, 0.717) is 13.0 Å². The number of para-hydroxylation sites is 1. The second kappa shape index (κ2) is 6.55. The molecule has 2 amide bonds. The third kappa shape index (κ3) is 3.18. The van der Waals surface area contributed by atoms with Crippen molar-refractivity contribution in [3.63, 3.8) is 0 Å². The fourth-order valence-corrected chi connectivity index (χ4v) is 2.55. The molecule has 4 heteroatoms. The summed E-state index contributed by atoms with van der Waals surface area (Å²) in [6.45, 7) is 4.60. The topological polar surface area (TPSA) is 49.4 Å². The molecule has 0 aromatic heterocycles. The Kier molecular flexibility index (Phi) is 4.77. The van der Waals surface area contributed by atoms with Crippen LogP contribution in [0.25, 0.3) is 0 Å². The summed E-state index contributed by atoms with van der Waals surface area (Å²) < 4.78 is 0. The molecule has 108 valence electrons. The summed E-state index contributed by atoms with van der Waals surface area (Å²) in [6, 6.07) is 9.74. The third-order valence-electron chi connectivity index (χ3n) is 3.90. The van der Waals surface area contributed by atoms with Crippen LogP contribution in [0.4, 0.5) is 5.69 Å². The molecule has 1 atom stereocenters. The highest BCUT2D eigenvalue weighted by atomic mass is 16.2. The molecule has 0 aliphatic carbocycles. The Balaban J connectivity index is 2.00. The fourth-order valence-electron chi connectivity index (χ4n) is 2.55. The minimum Gasteiger partial charge on any atom is -0.353 e. The van der Waals surface area contributed by atoms with Crippen LogP contribution in [0.5, 0.6) is 0 Å². The van der Waals surface area contributed by atoms with E-state index in [9.17, 15) is 9.59 Å². The molecular weight excluding hydrogens is 252 g/mol. The summed E-state index contributed by atoms with van der Waals surface area (Å²) in [5.74, 6) is -0.199. The fraction of sp³-hybridized carbons (Fsp3) is 0.500. The van der Waals surface area contributed by atoms with Crippen molar-refractivity contribution in [2.75, 3.05) is 11.4 Å². The van der Waals surface area contributed by atoms with Gasteiger partial charge in [0, 0.05) is 24.7 Å². The predicted molar refractivity (Wildman–Crippen MR) is 79.4 cm³/mol. The molecule has 0 saturated carbocycles. The molecule has 1 aromatic rings. The van der Waals surface area contributed by atoms with Gasteiger partial charge in [-0.05, 0) is 25.0 Å². The number of nitrogens with one attached hydrogen (secondary N) is 1. The number of nitrogens with zero attached hydrogens (tertiary/aromatic N) is 1. The van der Waals surface area contributed by atoms with Gasteiger partial charge in [-0.2, -0.15) is 0 Å². The summed E-state index contributed by atoms with van der Waals surface area (Å²) >= 11 is 0. The second-order valence-electron chi connectivity index (χ2n) is 5.26. The van der Waals surface area contributed by atoms with Crippen molar-refractivity contribution in [2.24, 2.45) is 5.92 Å². The van der Waals surface area contributed by atoms with E-state index in [-0.39, 0.29) is 23.8 Å². The average molecular weight is 274 g/mol. The summed E-state index contributed by atoms with van der Waals surface area (Å²) in [4.78, 5) is 26.0. The van der Waals surface area contributed by atoms with Crippen molar-refractivity contribution >= 4 is 17.5 Å². The quantitative estimate of drug-likeness (QED) is 0.896. The lowest BCUT2D eigenvalue weighted by Crippen LogP contribution is -2.39. The Morgan fingerprint density at radius 1 is 1.30 bits per heavy atom. The third-order valence-corrected chi connectivity index (χ3v) is 3.90. The van der Waals surface area contributed by atoms with Crippen molar-refractivity contribution in [1.29, 1.82) is 0 Å². The Morgan fingerprint density at radius 2 is 1.95 bits per heavy atom. The van der Waals surface area contributed by atoms with E-state index in [1.807, 2.05) is 30.3 Å². The number of hydrogen-bond acceptors (Lipinski definition) is 2. The second-order valence-corrected chi connectivity index (χ2v) is 5.26. The molecule has 2 rings (SSSR count). The highest BCUT2D eigenvalue weighted by Crippen LogP contribution is 2.25. The van der Waals surface area contributed by atoms with Crippen LogP contribution in [0.3, 0.4) is 0 Å². The van der Waals surface area contributed by atoms with Crippen molar-refractivity contribution in [2.45, 2.75) is 39.2 Å². The highest BCUT2D eigenvalue weighted by Gasteiger charge is 2.35. The summed E-state index contributed by atoms with van der Waals surface area (Å²) in [6.07, 6.45) is 2.15.